The van der Waals surface area contributed by atoms with E-state index in [2.05, 4.69) is 30.5 Å². The lowest BCUT2D eigenvalue weighted by Gasteiger charge is -2.47. The van der Waals surface area contributed by atoms with E-state index in [0.717, 1.165) is 64.6 Å². The first-order chi connectivity index (χ1) is 12.0. The lowest BCUT2D eigenvalue weighted by atomic mass is 9.71. The molecule has 1 amide bonds. The van der Waals surface area contributed by atoms with E-state index in [-0.39, 0.29) is 0 Å². The zero-order chi connectivity index (χ0) is 17.9. The van der Waals surface area contributed by atoms with Gasteiger partial charge in [0.05, 0.1) is 5.60 Å². The minimum absolute atomic E-state index is 0.293. The maximum Gasteiger partial charge on any atom is 0.222 e. The van der Waals surface area contributed by atoms with E-state index >= 15 is 0 Å². The lowest BCUT2D eigenvalue weighted by molar-refractivity contribution is -0.143. The summed E-state index contributed by atoms with van der Waals surface area (Å²) in [5.41, 5.74) is 2.16. The molecular weight excluding hydrogens is 312 g/mol. The molecule has 1 N–H and O–H groups in total. The zero-order valence-electron chi connectivity index (χ0n) is 16.0. The Bertz CT molecular complexity index is 575. The van der Waals surface area contributed by atoms with Crippen LogP contribution in [0.1, 0.15) is 69.2 Å². The molecule has 1 aliphatic heterocycles. The average molecular weight is 347 g/mol. The normalized spacial score (nSPS) is 26.5. The minimum Gasteiger partial charge on any atom is -0.389 e. The second kappa shape index (κ2) is 7.94. The maximum atomic E-state index is 12.5. The van der Waals surface area contributed by atoms with Crippen molar-refractivity contribution in [3.8, 4) is 0 Å². The van der Waals surface area contributed by atoms with E-state index in [9.17, 15) is 9.90 Å². The number of nitrogens with zero attached hydrogens (tertiary/aromatic N) is 2. The predicted octanol–water partition coefficient (Wildman–Crippen LogP) is 3.82. The van der Waals surface area contributed by atoms with Gasteiger partial charge in [-0.25, -0.2) is 0 Å². The summed E-state index contributed by atoms with van der Waals surface area (Å²) < 4.78 is 2.36. The number of aliphatic hydroxyl groups is 1. The Morgan fingerprint density at radius 2 is 1.92 bits per heavy atom. The predicted molar refractivity (Wildman–Crippen MR) is 100 cm³/mol. The topological polar surface area (TPSA) is 45.5 Å². The van der Waals surface area contributed by atoms with Crippen LogP contribution in [0.4, 0.5) is 0 Å². The Morgan fingerprint density at radius 3 is 2.68 bits per heavy atom. The molecule has 1 saturated heterocycles. The van der Waals surface area contributed by atoms with Crippen LogP contribution in [0.2, 0.25) is 0 Å². The highest BCUT2D eigenvalue weighted by Gasteiger charge is 2.43. The lowest BCUT2D eigenvalue weighted by Crippen LogP contribution is -2.54. The molecule has 4 nitrogen and oxygen atoms in total. The van der Waals surface area contributed by atoms with Crippen LogP contribution in [0.25, 0.3) is 0 Å². The van der Waals surface area contributed by atoms with Gasteiger partial charge >= 0.3 is 0 Å². The number of unbranched alkanes of at least 4 members (excludes halogenated alkanes) is 2. The quantitative estimate of drug-likeness (QED) is 0.796. The fourth-order valence-electron chi connectivity index (χ4n) is 4.73. The molecule has 1 aromatic heterocycles. The summed E-state index contributed by atoms with van der Waals surface area (Å²) in [5, 5.41) is 10.7. The summed E-state index contributed by atoms with van der Waals surface area (Å²) in [6.45, 7) is 6.88. The van der Waals surface area contributed by atoms with Gasteiger partial charge in [0.1, 0.15) is 0 Å². The van der Waals surface area contributed by atoms with Gasteiger partial charge in [0.2, 0.25) is 5.91 Å². The van der Waals surface area contributed by atoms with Crippen molar-refractivity contribution in [1.82, 2.24) is 9.47 Å². The van der Waals surface area contributed by atoms with Gasteiger partial charge in [-0.15, -0.1) is 0 Å². The first-order valence-corrected chi connectivity index (χ1v) is 10.1. The number of piperidine rings is 1. The van der Waals surface area contributed by atoms with Crippen LogP contribution in [0.3, 0.4) is 0 Å². The molecule has 2 aliphatic rings. The molecule has 140 valence electrons. The van der Waals surface area contributed by atoms with Crippen LogP contribution < -0.4 is 0 Å². The number of hydrogen-bond acceptors (Lipinski definition) is 2. The highest BCUT2D eigenvalue weighted by Crippen LogP contribution is 2.39. The molecule has 2 heterocycles. The summed E-state index contributed by atoms with van der Waals surface area (Å²) in [7, 11) is 0. The number of carbonyl (C=O) groups excluding carboxylic acids is 1. The van der Waals surface area contributed by atoms with E-state index in [1.165, 1.54) is 17.8 Å². The Morgan fingerprint density at radius 1 is 1.16 bits per heavy atom. The van der Waals surface area contributed by atoms with Gasteiger partial charge in [0.25, 0.3) is 0 Å². The van der Waals surface area contributed by atoms with Crippen molar-refractivity contribution >= 4 is 5.91 Å². The van der Waals surface area contributed by atoms with Crippen LogP contribution in [0, 0.1) is 19.8 Å². The maximum absolute atomic E-state index is 12.5. The largest absolute Gasteiger partial charge is 0.389 e. The van der Waals surface area contributed by atoms with Crippen LogP contribution in [-0.4, -0.2) is 39.2 Å². The van der Waals surface area contributed by atoms with Crippen molar-refractivity contribution in [2.24, 2.45) is 5.92 Å². The summed E-state index contributed by atoms with van der Waals surface area (Å²) in [4.78, 5) is 14.5. The summed E-state index contributed by atoms with van der Waals surface area (Å²) in [6, 6.07) is 4.34. The molecule has 4 heteroatoms. The molecule has 0 bridgehead atoms. The standard InChI is InChI=1S/C21H34N2O2/c1-17-10-11-18(2)23(17)14-7-3-4-9-20(24)22-15-13-21(25)12-6-5-8-19(21)16-22/h10-11,19,25H,3-9,12-16H2,1-2H3/t19-,21+/m0/s1. The zero-order valence-corrected chi connectivity index (χ0v) is 16.0. The smallest absolute Gasteiger partial charge is 0.222 e. The van der Waals surface area contributed by atoms with E-state index < -0.39 is 5.60 Å². The van der Waals surface area contributed by atoms with Crippen molar-refractivity contribution in [2.45, 2.75) is 83.8 Å². The Labute approximate surface area is 152 Å². The van der Waals surface area contributed by atoms with Crippen molar-refractivity contribution < 1.29 is 9.90 Å². The number of hydrogen-bond donors (Lipinski definition) is 1. The first kappa shape index (κ1) is 18.5. The van der Waals surface area contributed by atoms with Crippen LogP contribution in [0.15, 0.2) is 12.1 Å². The highest BCUT2D eigenvalue weighted by molar-refractivity contribution is 5.76. The van der Waals surface area contributed by atoms with E-state index in [0.29, 0.717) is 18.2 Å². The number of carbonyl (C=O) groups is 1. The molecule has 2 fully saturated rings. The second-order valence-corrected chi connectivity index (χ2v) is 8.21. The van der Waals surface area contributed by atoms with Crippen molar-refractivity contribution in [3.05, 3.63) is 23.5 Å². The van der Waals surface area contributed by atoms with Gasteiger partial charge in [0, 0.05) is 43.4 Å². The number of likely N-dealkylation sites (tertiary alicyclic amines) is 1. The SMILES string of the molecule is Cc1ccc(C)n1CCCCCC(=O)N1CC[C@]2(O)CCCC[C@H]2C1. The Hall–Kier alpha value is -1.29. The molecule has 3 rings (SSSR count). The minimum atomic E-state index is -0.485. The third-order valence-corrected chi connectivity index (χ3v) is 6.47. The molecule has 1 aromatic rings. The molecule has 1 aliphatic carbocycles. The van der Waals surface area contributed by atoms with Gasteiger partial charge in [-0.2, -0.15) is 0 Å². The van der Waals surface area contributed by atoms with Crippen LogP contribution in [0.5, 0.6) is 0 Å². The average Bonchev–Trinajstić information content (AvgIpc) is 2.92. The van der Waals surface area contributed by atoms with E-state index in [1.807, 2.05) is 4.90 Å². The number of rotatable bonds is 6. The van der Waals surface area contributed by atoms with Crippen LogP contribution >= 0.6 is 0 Å². The van der Waals surface area contributed by atoms with E-state index in [4.69, 9.17) is 0 Å². The molecule has 25 heavy (non-hydrogen) atoms. The first-order valence-electron chi connectivity index (χ1n) is 10.1. The van der Waals surface area contributed by atoms with Crippen molar-refractivity contribution in [2.75, 3.05) is 13.1 Å². The molecule has 0 radical (unpaired) electrons. The third-order valence-electron chi connectivity index (χ3n) is 6.47. The number of amides is 1. The monoisotopic (exact) mass is 346 g/mol. The second-order valence-electron chi connectivity index (χ2n) is 8.21. The van der Waals surface area contributed by atoms with Gasteiger partial charge in [-0.1, -0.05) is 19.3 Å². The van der Waals surface area contributed by atoms with Gasteiger partial charge < -0.3 is 14.6 Å². The van der Waals surface area contributed by atoms with Gasteiger partial charge in [0.15, 0.2) is 0 Å². The summed E-state index contributed by atoms with van der Waals surface area (Å²) in [6.07, 6.45) is 8.99. The van der Waals surface area contributed by atoms with Crippen molar-refractivity contribution in [1.29, 1.82) is 0 Å². The van der Waals surface area contributed by atoms with Crippen LogP contribution in [-0.2, 0) is 11.3 Å². The molecule has 0 aromatic carbocycles. The fourth-order valence-corrected chi connectivity index (χ4v) is 4.73. The molecule has 0 spiro atoms. The Balaban J connectivity index is 1.37. The van der Waals surface area contributed by atoms with E-state index in [1.54, 1.807) is 0 Å². The third kappa shape index (κ3) is 4.28. The summed E-state index contributed by atoms with van der Waals surface area (Å²) in [5.74, 6) is 0.597. The highest BCUT2D eigenvalue weighted by atomic mass is 16.3. The number of aromatic nitrogens is 1. The molecule has 1 saturated carbocycles. The number of aryl methyl sites for hydroxylation is 2. The van der Waals surface area contributed by atoms with Gasteiger partial charge in [-0.05, 0) is 58.1 Å². The number of fused-ring (bicyclic) bond motifs is 1. The molecular formula is C21H34N2O2. The molecule has 2 atom stereocenters. The van der Waals surface area contributed by atoms with Crippen molar-refractivity contribution in [3.63, 3.8) is 0 Å². The fraction of sp³-hybridized carbons (Fsp3) is 0.762. The Kier molecular flexibility index (Phi) is 5.88. The van der Waals surface area contributed by atoms with Gasteiger partial charge in [-0.3, -0.25) is 4.79 Å². The summed E-state index contributed by atoms with van der Waals surface area (Å²) >= 11 is 0. The molecule has 0 unspecified atom stereocenters.